The molecule has 0 bridgehead atoms. The lowest BCUT2D eigenvalue weighted by atomic mass is 10.1. The van der Waals surface area contributed by atoms with Crippen molar-refractivity contribution in [2.45, 2.75) is 16.1 Å². The highest BCUT2D eigenvalue weighted by Gasteiger charge is 2.30. The van der Waals surface area contributed by atoms with E-state index < -0.39 is 11.7 Å². The Bertz CT molecular complexity index is 1200. The Hall–Kier alpha value is -3.13. The van der Waals surface area contributed by atoms with Gasteiger partial charge in [0.1, 0.15) is 10.7 Å². The summed E-state index contributed by atoms with van der Waals surface area (Å²) in [5.41, 5.74) is 1.21. The largest absolute Gasteiger partial charge is 0.416 e. The molecule has 8 heteroatoms. The van der Waals surface area contributed by atoms with Crippen molar-refractivity contribution in [1.82, 2.24) is 15.0 Å². The number of pyridine rings is 1. The number of benzene rings is 2. The molecule has 2 aromatic heterocycles. The fraction of sp³-hybridized carbons (Fsp3) is 0.0500. The SMILES string of the molecule is O=c1cc[nH]c2cc(-c3nccnc3Sc3ccc(C(F)(F)F)cc3)ccc12. The van der Waals surface area contributed by atoms with Gasteiger partial charge in [-0.2, -0.15) is 13.2 Å². The summed E-state index contributed by atoms with van der Waals surface area (Å²) < 4.78 is 38.2. The Morgan fingerprint density at radius 2 is 1.68 bits per heavy atom. The van der Waals surface area contributed by atoms with Crippen LogP contribution in [-0.2, 0) is 6.18 Å². The Balaban J connectivity index is 1.70. The van der Waals surface area contributed by atoms with E-state index in [2.05, 4.69) is 15.0 Å². The van der Waals surface area contributed by atoms with Crippen molar-refractivity contribution < 1.29 is 13.2 Å². The van der Waals surface area contributed by atoms with E-state index >= 15 is 0 Å². The molecule has 2 aromatic carbocycles. The fourth-order valence-corrected chi connectivity index (χ4v) is 3.62. The minimum Gasteiger partial charge on any atom is -0.361 e. The Labute approximate surface area is 161 Å². The lowest BCUT2D eigenvalue weighted by Gasteiger charge is -2.10. The molecule has 4 aromatic rings. The molecule has 140 valence electrons. The van der Waals surface area contributed by atoms with Gasteiger partial charge in [-0.1, -0.05) is 17.8 Å². The fourth-order valence-electron chi connectivity index (χ4n) is 2.74. The predicted molar refractivity (Wildman–Crippen MR) is 101 cm³/mol. The number of nitrogens with zero attached hydrogens (tertiary/aromatic N) is 2. The minimum absolute atomic E-state index is 0.0844. The summed E-state index contributed by atoms with van der Waals surface area (Å²) in [5, 5.41) is 1.12. The van der Waals surface area contributed by atoms with Gasteiger partial charge in [0.05, 0.1) is 5.56 Å². The second-order valence-electron chi connectivity index (χ2n) is 5.94. The lowest BCUT2D eigenvalue weighted by molar-refractivity contribution is -0.137. The van der Waals surface area contributed by atoms with Crippen molar-refractivity contribution in [1.29, 1.82) is 0 Å². The van der Waals surface area contributed by atoms with Crippen LogP contribution in [0.3, 0.4) is 0 Å². The molecule has 0 spiro atoms. The van der Waals surface area contributed by atoms with Gasteiger partial charge in [-0.25, -0.2) is 4.98 Å². The molecule has 0 aliphatic rings. The van der Waals surface area contributed by atoms with Crippen LogP contribution in [0.15, 0.2) is 81.8 Å². The first-order valence-corrected chi connectivity index (χ1v) is 9.01. The third-order valence-corrected chi connectivity index (χ3v) is 5.09. The highest BCUT2D eigenvalue weighted by molar-refractivity contribution is 7.99. The molecule has 0 fully saturated rings. The van der Waals surface area contributed by atoms with Gasteiger partial charge < -0.3 is 4.98 Å². The summed E-state index contributed by atoms with van der Waals surface area (Å²) in [7, 11) is 0. The zero-order chi connectivity index (χ0) is 19.7. The smallest absolute Gasteiger partial charge is 0.361 e. The summed E-state index contributed by atoms with van der Waals surface area (Å²) in [6.07, 6.45) is 0.273. The summed E-state index contributed by atoms with van der Waals surface area (Å²) in [6, 6.07) is 11.6. The van der Waals surface area contributed by atoms with Crippen LogP contribution in [0.1, 0.15) is 5.56 Å². The van der Waals surface area contributed by atoms with E-state index in [4.69, 9.17) is 0 Å². The maximum absolute atomic E-state index is 12.7. The van der Waals surface area contributed by atoms with E-state index in [-0.39, 0.29) is 5.43 Å². The van der Waals surface area contributed by atoms with Crippen LogP contribution in [0.25, 0.3) is 22.2 Å². The average Bonchev–Trinajstić information content (AvgIpc) is 2.68. The second-order valence-corrected chi connectivity index (χ2v) is 7.00. The van der Waals surface area contributed by atoms with E-state index in [0.29, 0.717) is 26.5 Å². The lowest BCUT2D eigenvalue weighted by Crippen LogP contribution is -2.03. The van der Waals surface area contributed by atoms with E-state index in [9.17, 15) is 18.0 Å². The molecule has 0 saturated heterocycles. The van der Waals surface area contributed by atoms with Crippen molar-refractivity contribution in [3.05, 3.63) is 82.9 Å². The average molecular weight is 399 g/mol. The van der Waals surface area contributed by atoms with Gasteiger partial charge in [0, 0.05) is 46.0 Å². The van der Waals surface area contributed by atoms with Crippen LogP contribution in [0.4, 0.5) is 13.2 Å². The van der Waals surface area contributed by atoms with Gasteiger partial charge in [-0.05, 0) is 36.4 Å². The molecule has 1 N–H and O–H groups in total. The first-order valence-electron chi connectivity index (χ1n) is 8.20. The van der Waals surface area contributed by atoms with Crippen molar-refractivity contribution >= 4 is 22.7 Å². The summed E-state index contributed by atoms with van der Waals surface area (Å²) in [4.78, 5) is 24.2. The molecule has 0 atom stereocenters. The number of halogens is 3. The molecule has 4 rings (SSSR count). The zero-order valence-corrected chi connectivity index (χ0v) is 15.0. The number of H-pyrrole nitrogens is 1. The normalized spacial score (nSPS) is 11.7. The van der Waals surface area contributed by atoms with Crippen LogP contribution in [0.5, 0.6) is 0 Å². The molecule has 0 aliphatic carbocycles. The van der Waals surface area contributed by atoms with Crippen molar-refractivity contribution in [2.24, 2.45) is 0 Å². The zero-order valence-electron chi connectivity index (χ0n) is 14.2. The van der Waals surface area contributed by atoms with E-state index in [1.54, 1.807) is 30.6 Å². The van der Waals surface area contributed by atoms with Crippen molar-refractivity contribution in [3.63, 3.8) is 0 Å². The first-order chi connectivity index (χ1) is 13.4. The Kier molecular flexibility index (Phi) is 4.64. The van der Waals surface area contributed by atoms with Gasteiger partial charge in [0.15, 0.2) is 5.43 Å². The van der Waals surface area contributed by atoms with Gasteiger partial charge in [0.2, 0.25) is 0 Å². The van der Waals surface area contributed by atoms with Gasteiger partial charge in [0.25, 0.3) is 0 Å². The molecule has 0 aliphatic heterocycles. The minimum atomic E-state index is -4.37. The second kappa shape index (κ2) is 7.12. The van der Waals surface area contributed by atoms with Crippen molar-refractivity contribution in [2.75, 3.05) is 0 Å². The molecular formula is C20H12F3N3OS. The number of hydrogen-bond acceptors (Lipinski definition) is 4. The molecule has 0 amide bonds. The number of alkyl halides is 3. The van der Waals surface area contributed by atoms with E-state index in [1.165, 1.54) is 36.2 Å². The number of nitrogens with one attached hydrogen (secondary N) is 1. The number of fused-ring (bicyclic) bond motifs is 1. The molecule has 0 radical (unpaired) electrons. The standard InChI is InChI=1S/C20H12F3N3OS/c21-20(22,23)13-2-4-14(5-3-13)28-19-18(25-9-10-26-19)12-1-6-15-16(11-12)24-8-7-17(15)27/h1-11H,(H,24,27). The molecule has 2 heterocycles. The van der Waals surface area contributed by atoms with Crippen LogP contribution in [0.2, 0.25) is 0 Å². The van der Waals surface area contributed by atoms with Crippen LogP contribution < -0.4 is 5.43 Å². The number of rotatable bonds is 3. The highest BCUT2D eigenvalue weighted by Crippen LogP contribution is 2.35. The summed E-state index contributed by atoms with van der Waals surface area (Å²) >= 11 is 1.22. The van der Waals surface area contributed by atoms with Gasteiger partial charge in [-0.15, -0.1) is 0 Å². The number of hydrogen-bond donors (Lipinski definition) is 1. The van der Waals surface area contributed by atoms with E-state index in [1.807, 2.05) is 0 Å². The number of aromatic nitrogens is 3. The molecule has 4 nitrogen and oxygen atoms in total. The van der Waals surface area contributed by atoms with Crippen LogP contribution in [-0.4, -0.2) is 15.0 Å². The topological polar surface area (TPSA) is 58.6 Å². The predicted octanol–water partition coefficient (Wildman–Crippen LogP) is 5.16. The maximum Gasteiger partial charge on any atom is 0.416 e. The van der Waals surface area contributed by atoms with Crippen molar-refractivity contribution in [3.8, 4) is 11.3 Å². The third kappa shape index (κ3) is 3.63. The highest BCUT2D eigenvalue weighted by atomic mass is 32.2. The van der Waals surface area contributed by atoms with Gasteiger partial charge in [-0.3, -0.25) is 9.78 Å². The molecule has 0 unspecified atom stereocenters. The Morgan fingerprint density at radius 1 is 0.929 bits per heavy atom. The first kappa shape index (κ1) is 18.2. The molecular weight excluding hydrogens is 387 g/mol. The van der Waals surface area contributed by atoms with Crippen LogP contribution >= 0.6 is 11.8 Å². The summed E-state index contributed by atoms with van der Waals surface area (Å²) in [6.45, 7) is 0. The summed E-state index contributed by atoms with van der Waals surface area (Å²) in [5.74, 6) is 0. The quantitative estimate of drug-likeness (QED) is 0.517. The van der Waals surface area contributed by atoms with Gasteiger partial charge >= 0.3 is 6.18 Å². The number of aromatic amines is 1. The van der Waals surface area contributed by atoms with Crippen LogP contribution in [0, 0.1) is 0 Å². The molecule has 28 heavy (non-hydrogen) atoms. The third-order valence-electron chi connectivity index (χ3n) is 4.09. The molecule has 0 saturated carbocycles. The Morgan fingerprint density at radius 3 is 2.43 bits per heavy atom. The monoisotopic (exact) mass is 399 g/mol. The van der Waals surface area contributed by atoms with E-state index in [0.717, 1.165) is 17.7 Å². The maximum atomic E-state index is 12.7.